The first-order valence-electron chi connectivity index (χ1n) is 11.7. The fourth-order valence-corrected chi connectivity index (χ4v) is 4.63. The van der Waals surface area contributed by atoms with E-state index in [1.807, 2.05) is 6.07 Å². The zero-order valence-electron chi connectivity index (χ0n) is 20.9. The van der Waals surface area contributed by atoms with Gasteiger partial charge in [-0.25, -0.2) is 9.18 Å². The maximum Gasteiger partial charge on any atom is 0.507 e. The van der Waals surface area contributed by atoms with Crippen LogP contribution in [0.5, 0.6) is 23.0 Å². The smallest absolute Gasteiger partial charge is 0.457 e. The molecule has 4 aromatic rings. The van der Waals surface area contributed by atoms with Gasteiger partial charge < -0.3 is 19.1 Å². The summed E-state index contributed by atoms with van der Waals surface area (Å²) in [5, 5.41) is 0. The average Bonchev–Trinajstić information content (AvgIpc) is 3.26. The Kier molecular flexibility index (Phi) is 7.00. The lowest BCUT2D eigenvalue weighted by Crippen LogP contribution is -2.52. The molecule has 0 N–H and O–H groups in total. The van der Waals surface area contributed by atoms with Crippen LogP contribution in [0.25, 0.3) is 5.69 Å². The molecule has 0 aliphatic carbocycles. The number of urea groups is 1. The van der Waals surface area contributed by atoms with Gasteiger partial charge in [-0.3, -0.25) is 4.57 Å². The molecule has 40 heavy (non-hydrogen) atoms. The highest BCUT2D eigenvalue weighted by atomic mass is 32.1. The first-order valence-corrected chi connectivity index (χ1v) is 12.5. The van der Waals surface area contributed by atoms with Gasteiger partial charge in [-0.2, -0.15) is 22.6 Å². The second-order valence-electron chi connectivity index (χ2n) is 8.78. The largest absolute Gasteiger partial charge is 0.507 e. The van der Waals surface area contributed by atoms with Crippen LogP contribution in [0.15, 0.2) is 77.9 Å². The van der Waals surface area contributed by atoms with Gasteiger partial charge in [-0.15, -0.1) is 11.3 Å². The molecule has 0 unspecified atom stereocenters. The van der Waals surface area contributed by atoms with Crippen molar-refractivity contribution >= 4 is 17.4 Å². The van der Waals surface area contributed by atoms with E-state index in [-0.39, 0.29) is 17.0 Å². The van der Waals surface area contributed by atoms with Gasteiger partial charge in [0.15, 0.2) is 16.3 Å². The number of hydrogen-bond donors (Lipinski definition) is 0. The molecular weight excluding hydrogens is 557 g/mol. The van der Waals surface area contributed by atoms with Gasteiger partial charge in [0.2, 0.25) is 0 Å². The number of rotatable bonds is 5. The first-order chi connectivity index (χ1) is 18.9. The normalized spacial score (nSPS) is 15.5. The van der Waals surface area contributed by atoms with Crippen molar-refractivity contribution in [2.75, 3.05) is 7.05 Å². The molecule has 0 spiro atoms. The van der Waals surface area contributed by atoms with Crippen molar-refractivity contribution < 1.29 is 41.0 Å². The number of aromatic nitrogens is 1. The second-order valence-corrected chi connectivity index (χ2v) is 9.99. The molecule has 0 fully saturated rings. The number of ether oxygens (including phenoxy) is 3. The number of fused-ring (bicyclic) bond motifs is 1. The monoisotopic (exact) mass is 577 g/mol. The lowest BCUT2D eigenvalue weighted by Gasteiger charge is -2.31. The highest BCUT2D eigenvalue weighted by Crippen LogP contribution is 2.47. The van der Waals surface area contributed by atoms with Crippen LogP contribution in [0.3, 0.4) is 0 Å². The zero-order chi connectivity index (χ0) is 28.7. The van der Waals surface area contributed by atoms with Gasteiger partial charge in [0.1, 0.15) is 17.3 Å². The summed E-state index contributed by atoms with van der Waals surface area (Å²) < 4.78 is 84.1. The van der Waals surface area contributed by atoms with Gasteiger partial charge in [-0.05, 0) is 49.4 Å². The maximum atomic E-state index is 14.0. The number of nitrogens with zero attached hydrogens (tertiary/aromatic N) is 3. The van der Waals surface area contributed by atoms with Crippen molar-refractivity contribution in [2.24, 2.45) is 4.99 Å². The highest BCUT2D eigenvalue weighted by Gasteiger charge is 2.65. The van der Waals surface area contributed by atoms with E-state index in [1.54, 1.807) is 37.4 Å². The van der Waals surface area contributed by atoms with Crippen molar-refractivity contribution in [1.29, 1.82) is 0 Å². The van der Waals surface area contributed by atoms with E-state index in [1.165, 1.54) is 40.8 Å². The van der Waals surface area contributed by atoms with Gasteiger partial charge in [-0.1, -0.05) is 18.2 Å². The van der Waals surface area contributed by atoms with Gasteiger partial charge in [0, 0.05) is 29.8 Å². The summed E-state index contributed by atoms with van der Waals surface area (Å²) in [4.78, 5) is 19.3. The molecule has 3 aromatic carbocycles. The van der Waals surface area contributed by atoms with Gasteiger partial charge in [0.05, 0.1) is 12.2 Å². The molecule has 0 bridgehead atoms. The Morgan fingerprint density at radius 2 is 1.70 bits per heavy atom. The Labute approximate surface area is 228 Å². The number of hydrogen-bond acceptors (Lipinski definition) is 5. The molecule has 1 aliphatic rings. The van der Waals surface area contributed by atoms with Crippen LogP contribution in [-0.2, 0) is 6.54 Å². The molecule has 0 radical (unpaired) electrons. The fraction of sp³-hybridized carbons (Fsp3) is 0.185. The van der Waals surface area contributed by atoms with E-state index in [4.69, 9.17) is 4.74 Å². The van der Waals surface area contributed by atoms with E-state index in [0.717, 1.165) is 23.5 Å². The molecule has 2 amide bonds. The Hall–Kier alpha value is -4.39. The number of thiazole rings is 1. The average molecular weight is 578 g/mol. The third-order valence-corrected chi connectivity index (χ3v) is 6.61. The van der Waals surface area contributed by atoms with E-state index in [9.17, 15) is 26.7 Å². The molecule has 13 heteroatoms. The maximum absolute atomic E-state index is 14.0. The first kappa shape index (κ1) is 27.2. The van der Waals surface area contributed by atoms with E-state index in [0.29, 0.717) is 21.9 Å². The number of para-hydroxylation sites is 1. The molecule has 0 atom stereocenters. The summed E-state index contributed by atoms with van der Waals surface area (Å²) >= 11 is 1.13. The van der Waals surface area contributed by atoms with Crippen molar-refractivity contribution in [3.05, 3.63) is 94.0 Å². The Balaban J connectivity index is 1.41. The summed E-state index contributed by atoms with van der Waals surface area (Å²) in [5.74, 6) is -0.791. The van der Waals surface area contributed by atoms with Crippen LogP contribution in [0.1, 0.15) is 10.4 Å². The van der Waals surface area contributed by atoms with Crippen LogP contribution in [-0.4, -0.2) is 34.8 Å². The number of amides is 2. The summed E-state index contributed by atoms with van der Waals surface area (Å²) in [6.45, 7) is 1.70. The van der Waals surface area contributed by atoms with Crippen LogP contribution < -0.4 is 19.0 Å². The summed E-state index contributed by atoms with van der Waals surface area (Å²) in [7, 11) is 1.47. The minimum atomic E-state index is -4.88. The third-order valence-electron chi connectivity index (χ3n) is 5.71. The lowest BCUT2D eigenvalue weighted by atomic mass is 10.2. The zero-order valence-corrected chi connectivity index (χ0v) is 21.7. The standard InChI is InChI=1S/C27H20F5N3O4S/c1-16-14-35(19-9-11-22-23(13-19)39-27(31,32)26(29,30)38-22)25(40-16)33-24(36)34(2)15-17-12-18(28)8-10-21(17)37-20-6-4-3-5-7-20/h3-14H,15H2,1-2H3/b33-25-. The summed E-state index contributed by atoms with van der Waals surface area (Å²) in [6, 6.07) is 15.6. The van der Waals surface area contributed by atoms with Crippen LogP contribution >= 0.6 is 11.3 Å². The van der Waals surface area contributed by atoms with Gasteiger partial charge >= 0.3 is 18.2 Å². The molecule has 208 valence electrons. The minimum Gasteiger partial charge on any atom is -0.457 e. The van der Waals surface area contributed by atoms with Gasteiger partial charge in [0.25, 0.3) is 0 Å². The fourth-order valence-electron chi connectivity index (χ4n) is 3.80. The molecule has 5 rings (SSSR count). The van der Waals surface area contributed by atoms with Crippen molar-refractivity contribution in [1.82, 2.24) is 9.47 Å². The number of halogens is 5. The molecule has 2 heterocycles. The highest BCUT2D eigenvalue weighted by molar-refractivity contribution is 7.09. The van der Waals surface area contributed by atoms with E-state index >= 15 is 0 Å². The molecule has 7 nitrogen and oxygen atoms in total. The number of aryl methyl sites for hydroxylation is 1. The predicted octanol–water partition coefficient (Wildman–Crippen LogP) is 6.89. The van der Waals surface area contributed by atoms with Crippen LogP contribution in [0.4, 0.5) is 26.7 Å². The Bertz CT molecular complexity index is 1640. The molecule has 0 saturated heterocycles. The second kappa shape index (κ2) is 10.3. The topological polar surface area (TPSA) is 65.3 Å². The quantitative estimate of drug-likeness (QED) is 0.243. The van der Waals surface area contributed by atoms with Crippen LogP contribution in [0, 0.1) is 12.7 Å². The third kappa shape index (κ3) is 5.50. The lowest BCUT2D eigenvalue weighted by molar-refractivity contribution is -0.391. The molecule has 1 aromatic heterocycles. The van der Waals surface area contributed by atoms with Crippen molar-refractivity contribution in [2.45, 2.75) is 25.7 Å². The van der Waals surface area contributed by atoms with E-state index in [2.05, 4.69) is 14.5 Å². The number of carbonyl (C=O) groups is 1. The SMILES string of the molecule is Cc1cn(-c2ccc3c(c2)OC(F)(F)C(F)(F)O3)/c(=N/C(=O)N(C)Cc2cc(F)ccc2Oc2ccccc2)s1. The minimum absolute atomic E-state index is 0.0417. The number of carbonyl (C=O) groups excluding carboxylic acids is 1. The van der Waals surface area contributed by atoms with Crippen molar-refractivity contribution in [3.8, 4) is 28.7 Å². The van der Waals surface area contributed by atoms with Crippen molar-refractivity contribution in [3.63, 3.8) is 0 Å². The van der Waals surface area contributed by atoms with Crippen LogP contribution in [0.2, 0.25) is 0 Å². The predicted molar refractivity (Wildman–Crippen MR) is 135 cm³/mol. The Morgan fingerprint density at radius 1 is 1.00 bits per heavy atom. The number of alkyl halides is 4. The molecule has 0 saturated carbocycles. The summed E-state index contributed by atoms with van der Waals surface area (Å²) in [6.07, 6.45) is -8.12. The number of benzene rings is 3. The molecule has 1 aliphatic heterocycles. The molecular formula is C27H20F5N3O4S. The summed E-state index contributed by atoms with van der Waals surface area (Å²) in [5.41, 5.74) is 0.611. The van der Waals surface area contributed by atoms with E-state index < -0.39 is 35.6 Å². The Morgan fingerprint density at radius 3 is 2.42 bits per heavy atom.